The van der Waals surface area contributed by atoms with E-state index in [4.69, 9.17) is 9.15 Å². The van der Waals surface area contributed by atoms with Crippen LogP contribution in [0, 0.1) is 13.8 Å². The van der Waals surface area contributed by atoms with Crippen LogP contribution in [0.25, 0.3) is 0 Å². The van der Waals surface area contributed by atoms with E-state index in [1.165, 1.54) is 0 Å². The SMILES string of the molecule is COCc1cc(C(=O)N2CCCC(c3cc(C)[nH]n3)C2)c(C)o1. The number of methoxy groups -OCH3 is 1. The fourth-order valence-corrected chi connectivity index (χ4v) is 3.19. The molecular weight excluding hydrogens is 294 g/mol. The van der Waals surface area contributed by atoms with Gasteiger partial charge in [0.2, 0.25) is 0 Å². The van der Waals surface area contributed by atoms with Crippen LogP contribution in [0.1, 0.15) is 52.0 Å². The molecule has 0 radical (unpaired) electrons. The van der Waals surface area contributed by atoms with Gasteiger partial charge in [-0.3, -0.25) is 9.89 Å². The van der Waals surface area contributed by atoms with Gasteiger partial charge in [0.1, 0.15) is 18.1 Å². The highest BCUT2D eigenvalue weighted by atomic mass is 16.5. The van der Waals surface area contributed by atoms with Gasteiger partial charge in [0, 0.05) is 31.8 Å². The van der Waals surface area contributed by atoms with E-state index in [1.807, 2.05) is 18.7 Å². The molecule has 6 nitrogen and oxygen atoms in total. The molecule has 0 aliphatic carbocycles. The van der Waals surface area contributed by atoms with Gasteiger partial charge >= 0.3 is 0 Å². The molecule has 3 rings (SSSR count). The van der Waals surface area contributed by atoms with Gasteiger partial charge in [0.15, 0.2) is 0 Å². The molecule has 1 aliphatic rings. The Morgan fingerprint density at radius 1 is 1.48 bits per heavy atom. The lowest BCUT2D eigenvalue weighted by molar-refractivity contribution is 0.0704. The van der Waals surface area contributed by atoms with Crippen molar-refractivity contribution < 1.29 is 13.9 Å². The maximum atomic E-state index is 12.8. The van der Waals surface area contributed by atoms with Gasteiger partial charge in [-0.05, 0) is 38.8 Å². The number of rotatable bonds is 4. The summed E-state index contributed by atoms with van der Waals surface area (Å²) in [6.45, 7) is 5.68. The maximum absolute atomic E-state index is 12.8. The van der Waals surface area contributed by atoms with Crippen LogP contribution in [0.3, 0.4) is 0 Å². The van der Waals surface area contributed by atoms with Crippen LogP contribution in [0.15, 0.2) is 16.5 Å². The van der Waals surface area contributed by atoms with Crippen LogP contribution in [0.4, 0.5) is 0 Å². The molecule has 3 heterocycles. The Kier molecular flexibility index (Phi) is 4.52. The van der Waals surface area contributed by atoms with Gasteiger partial charge in [0.05, 0.1) is 11.3 Å². The highest BCUT2D eigenvalue weighted by Crippen LogP contribution is 2.28. The third-order valence-corrected chi connectivity index (χ3v) is 4.34. The number of aryl methyl sites for hydroxylation is 2. The third kappa shape index (κ3) is 3.32. The molecule has 1 amide bonds. The first-order chi connectivity index (χ1) is 11.1. The topological polar surface area (TPSA) is 71.4 Å². The number of nitrogens with one attached hydrogen (secondary N) is 1. The van der Waals surface area contributed by atoms with E-state index in [0.717, 1.165) is 30.8 Å². The van der Waals surface area contributed by atoms with E-state index in [2.05, 4.69) is 16.3 Å². The molecule has 1 atom stereocenters. The van der Waals surface area contributed by atoms with Crippen molar-refractivity contribution in [3.05, 3.63) is 40.6 Å². The number of aromatic amines is 1. The number of amides is 1. The molecule has 6 heteroatoms. The molecule has 23 heavy (non-hydrogen) atoms. The first-order valence-corrected chi connectivity index (χ1v) is 7.98. The number of aromatic nitrogens is 2. The lowest BCUT2D eigenvalue weighted by atomic mass is 9.94. The smallest absolute Gasteiger partial charge is 0.257 e. The summed E-state index contributed by atoms with van der Waals surface area (Å²) >= 11 is 0. The van der Waals surface area contributed by atoms with Crippen molar-refractivity contribution in [3.63, 3.8) is 0 Å². The molecule has 124 valence electrons. The van der Waals surface area contributed by atoms with Crippen molar-refractivity contribution in [2.45, 2.75) is 39.2 Å². The summed E-state index contributed by atoms with van der Waals surface area (Å²) in [5.74, 6) is 1.67. The predicted molar refractivity (Wildman–Crippen MR) is 85.4 cm³/mol. The lowest BCUT2D eigenvalue weighted by Gasteiger charge is -2.31. The highest BCUT2D eigenvalue weighted by Gasteiger charge is 2.28. The molecule has 0 saturated carbocycles. The standard InChI is InChI=1S/C17H23N3O3/c1-11-7-16(19-18-11)13-5-4-6-20(9-13)17(21)15-8-14(10-22-3)23-12(15)2/h7-8,13H,4-6,9-10H2,1-3H3,(H,18,19). The Labute approximate surface area is 135 Å². The van der Waals surface area contributed by atoms with Crippen molar-refractivity contribution in [2.75, 3.05) is 20.2 Å². The molecule has 1 saturated heterocycles. The molecule has 2 aromatic heterocycles. The minimum Gasteiger partial charge on any atom is -0.463 e. The Morgan fingerprint density at radius 2 is 2.30 bits per heavy atom. The molecular formula is C17H23N3O3. The van der Waals surface area contributed by atoms with Gasteiger partial charge in [0.25, 0.3) is 5.91 Å². The van der Waals surface area contributed by atoms with Crippen molar-refractivity contribution in [3.8, 4) is 0 Å². The zero-order valence-electron chi connectivity index (χ0n) is 13.9. The Hall–Kier alpha value is -2.08. The third-order valence-electron chi connectivity index (χ3n) is 4.34. The van der Waals surface area contributed by atoms with Gasteiger partial charge in [-0.15, -0.1) is 0 Å². The van der Waals surface area contributed by atoms with Crippen LogP contribution in [-0.4, -0.2) is 41.2 Å². The van der Waals surface area contributed by atoms with E-state index in [9.17, 15) is 4.79 Å². The van der Waals surface area contributed by atoms with Crippen molar-refractivity contribution in [1.29, 1.82) is 0 Å². The number of carbonyl (C=O) groups is 1. The monoisotopic (exact) mass is 317 g/mol. The van der Waals surface area contributed by atoms with Gasteiger partial charge in [-0.1, -0.05) is 0 Å². The molecule has 0 spiro atoms. The minimum absolute atomic E-state index is 0.0329. The van der Waals surface area contributed by atoms with Crippen LogP contribution in [-0.2, 0) is 11.3 Å². The lowest BCUT2D eigenvalue weighted by Crippen LogP contribution is -2.39. The van der Waals surface area contributed by atoms with E-state index in [-0.39, 0.29) is 5.91 Å². The molecule has 1 unspecified atom stereocenters. The molecule has 0 aromatic carbocycles. The largest absolute Gasteiger partial charge is 0.463 e. The summed E-state index contributed by atoms with van der Waals surface area (Å²) < 4.78 is 10.7. The number of H-pyrrole nitrogens is 1. The second kappa shape index (κ2) is 6.58. The molecule has 0 bridgehead atoms. The first-order valence-electron chi connectivity index (χ1n) is 7.98. The quantitative estimate of drug-likeness (QED) is 0.941. The summed E-state index contributed by atoms with van der Waals surface area (Å²) in [5.41, 5.74) is 2.73. The Morgan fingerprint density at radius 3 is 3.00 bits per heavy atom. The minimum atomic E-state index is 0.0329. The fourth-order valence-electron chi connectivity index (χ4n) is 3.19. The molecule has 1 fully saturated rings. The Balaban J connectivity index is 1.74. The summed E-state index contributed by atoms with van der Waals surface area (Å²) in [6.07, 6.45) is 2.05. The molecule has 1 N–H and O–H groups in total. The van der Waals surface area contributed by atoms with E-state index >= 15 is 0 Å². The zero-order chi connectivity index (χ0) is 16.4. The Bertz CT molecular complexity index is 689. The predicted octanol–water partition coefficient (Wildman–Crippen LogP) is 2.79. The average molecular weight is 317 g/mol. The van der Waals surface area contributed by atoms with Crippen molar-refractivity contribution in [2.24, 2.45) is 0 Å². The number of furan rings is 1. The average Bonchev–Trinajstić information content (AvgIpc) is 3.13. The fraction of sp³-hybridized carbons (Fsp3) is 0.529. The maximum Gasteiger partial charge on any atom is 0.257 e. The van der Waals surface area contributed by atoms with Gasteiger partial charge in [-0.25, -0.2) is 0 Å². The number of likely N-dealkylation sites (tertiary alicyclic amines) is 1. The summed E-state index contributed by atoms with van der Waals surface area (Å²) in [7, 11) is 1.61. The first kappa shape index (κ1) is 15.8. The molecule has 1 aliphatic heterocycles. The van der Waals surface area contributed by atoms with Gasteiger partial charge < -0.3 is 14.1 Å². The summed E-state index contributed by atoms with van der Waals surface area (Å²) in [5, 5.41) is 7.34. The summed E-state index contributed by atoms with van der Waals surface area (Å²) in [4.78, 5) is 14.7. The second-order valence-corrected chi connectivity index (χ2v) is 6.18. The van der Waals surface area contributed by atoms with Crippen molar-refractivity contribution in [1.82, 2.24) is 15.1 Å². The van der Waals surface area contributed by atoms with Crippen LogP contribution < -0.4 is 0 Å². The van der Waals surface area contributed by atoms with Gasteiger partial charge in [-0.2, -0.15) is 5.10 Å². The van der Waals surface area contributed by atoms with Crippen molar-refractivity contribution >= 4 is 5.91 Å². The highest BCUT2D eigenvalue weighted by molar-refractivity contribution is 5.95. The summed E-state index contributed by atoms with van der Waals surface area (Å²) in [6, 6.07) is 3.86. The number of piperidine rings is 1. The number of hydrogen-bond donors (Lipinski definition) is 1. The van der Waals surface area contributed by atoms with Crippen LogP contribution >= 0.6 is 0 Å². The number of hydrogen-bond acceptors (Lipinski definition) is 4. The molecule has 2 aromatic rings. The number of nitrogens with zero attached hydrogens (tertiary/aromatic N) is 2. The van der Waals surface area contributed by atoms with Crippen LogP contribution in [0.2, 0.25) is 0 Å². The van der Waals surface area contributed by atoms with Crippen LogP contribution in [0.5, 0.6) is 0 Å². The number of ether oxygens (including phenoxy) is 1. The normalized spacial score (nSPS) is 18.4. The van der Waals surface area contributed by atoms with E-state index in [0.29, 0.717) is 36.2 Å². The zero-order valence-corrected chi connectivity index (χ0v) is 13.9. The van der Waals surface area contributed by atoms with E-state index in [1.54, 1.807) is 13.2 Å². The second-order valence-electron chi connectivity index (χ2n) is 6.18. The van der Waals surface area contributed by atoms with E-state index < -0.39 is 0 Å². The number of carbonyl (C=O) groups excluding carboxylic acids is 1.